The van der Waals surface area contributed by atoms with Gasteiger partial charge in [0.15, 0.2) is 0 Å². The normalized spacial score (nSPS) is 12.6. The molecule has 0 aliphatic carbocycles. The molecule has 4 nitrogen and oxygen atoms in total. The fourth-order valence-corrected chi connectivity index (χ4v) is 2.17. The molecule has 1 aromatic rings. The average molecular weight is 278 g/mol. The van der Waals surface area contributed by atoms with Gasteiger partial charge in [-0.2, -0.15) is 0 Å². The molecule has 0 saturated carbocycles. The van der Waals surface area contributed by atoms with Gasteiger partial charge in [0.25, 0.3) is 0 Å². The van der Waals surface area contributed by atoms with E-state index in [0.29, 0.717) is 0 Å². The summed E-state index contributed by atoms with van der Waals surface area (Å²) in [6.07, 6.45) is 0.846. The largest absolute Gasteiger partial charge is 0.480 e. The van der Waals surface area contributed by atoms with Crippen molar-refractivity contribution in [2.24, 2.45) is 0 Å². The zero-order chi connectivity index (χ0) is 15.0. The highest BCUT2D eigenvalue weighted by Gasteiger charge is 2.06. The molecule has 0 spiro atoms. The summed E-state index contributed by atoms with van der Waals surface area (Å²) in [5.41, 5.74) is 2.56. The second-order valence-electron chi connectivity index (χ2n) is 5.16. The molecule has 20 heavy (non-hydrogen) atoms. The van der Waals surface area contributed by atoms with Crippen molar-refractivity contribution in [1.82, 2.24) is 10.2 Å². The summed E-state index contributed by atoms with van der Waals surface area (Å²) in [6.45, 7) is 9.48. The van der Waals surface area contributed by atoms with E-state index in [-0.39, 0.29) is 12.6 Å². The van der Waals surface area contributed by atoms with Crippen LogP contribution in [0.25, 0.3) is 0 Å². The zero-order valence-electron chi connectivity index (χ0n) is 12.7. The molecule has 0 heterocycles. The molecule has 0 bridgehead atoms. The number of hydrogen-bond donors (Lipinski definition) is 2. The summed E-state index contributed by atoms with van der Waals surface area (Å²) in [6, 6.07) is 8.77. The molecule has 0 saturated heterocycles. The SMILES string of the molecule is CCN(CC)Cc1ccc(CC(C)NCC(=O)O)cc1. The molecule has 0 aliphatic heterocycles. The number of benzene rings is 1. The van der Waals surface area contributed by atoms with Gasteiger partial charge in [0.05, 0.1) is 6.54 Å². The smallest absolute Gasteiger partial charge is 0.317 e. The first-order valence-corrected chi connectivity index (χ1v) is 7.30. The van der Waals surface area contributed by atoms with Gasteiger partial charge in [-0.3, -0.25) is 9.69 Å². The van der Waals surface area contributed by atoms with Gasteiger partial charge in [0.2, 0.25) is 0 Å². The van der Waals surface area contributed by atoms with Gasteiger partial charge in [-0.15, -0.1) is 0 Å². The Hall–Kier alpha value is -1.39. The molecular weight excluding hydrogens is 252 g/mol. The van der Waals surface area contributed by atoms with Crippen molar-refractivity contribution in [2.45, 2.75) is 39.8 Å². The van der Waals surface area contributed by atoms with Crippen LogP contribution in [0.15, 0.2) is 24.3 Å². The fraction of sp³-hybridized carbons (Fsp3) is 0.562. The highest BCUT2D eigenvalue weighted by atomic mass is 16.4. The molecule has 2 N–H and O–H groups in total. The second-order valence-corrected chi connectivity index (χ2v) is 5.16. The van der Waals surface area contributed by atoms with Crippen molar-refractivity contribution >= 4 is 5.97 Å². The van der Waals surface area contributed by atoms with Crippen LogP contribution in [0.2, 0.25) is 0 Å². The number of hydrogen-bond acceptors (Lipinski definition) is 3. The van der Waals surface area contributed by atoms with E-state index in [9.17, 15) is 4.79 Å². The van der Waals surface area contributed by atoms with Gasteiger partial charge in [-0.1, -0.05) is 38.1 Å². The Bertz CT molecular complexity index is 399. The van der Waals surface area contributed by atoms with E-state index < -0.39 is 5.97 Å². The molecule has 4 heteroatoms. The molecule has 112 valence electrons. The number of nitrogens with zero attached hydrogens (tertiary/aromatic N) is 1. The maximum Gasteiger partial charge on any atom is 0.317 e. The molecule has 1 atom stereocenters. The number of carboxylic acid groups (broad SMARTS) is 1. The molecule has 0 radical (unpaired) electrons. The monoisotopic (exact) mass is 278 g/mol. The maximum atomic E-state index is 10.5. The van der Waals surface area contributed by atoms with Crippen molar-refractivity contribution in [1.29, 1.82) is 0 Å². The molecule has 0 aliphatic rings. The van der Waals surface area contributed by atoms with Gasteiger partial charge in [0, 0.05) is 12.6 Å². The Morgan fingerprint density at radius 1 is 1.20 bits per heavy atom. The van der Waals surface area contributed by atoms with Crippen LogP contribution in [0.4, 0.5) is 0 Å². The first kappa shape index (κ1) is 16.7. The summed E-state index contributed by atoms with van der Waals surface area (Å²) in [5.74, 6) is -0.813. The third-order valence-electron chi connectivity index (χ3n) is 3.47. The van der Waals surface area contributed by atoms with E-state index in [1.165, 1.54) is 11.1 Å². The molecule has 0 amide bonds. The number of aliphatic carboxylic acids is 1. The van der Waals surface area contributed by atoms with Crippen molar-refractivity contribution in [3.63, 3.8) is 0 Å². The topological polar surface area (TPSA) is 52.6 Å². The molecular formula is C16H26N2O2. The van der Waals surface area contributed by atoms with E-state index in [1.54, 1.807) is 0 Å². The first-order valence-electron chi connectivity index (χ1n) is 7.30. The van der Waals surface area contributed by atoms with Crippen LogP contribution in [-0.4, -0.2) is 41.7 Å². The number of nitrogens with one attached hydrogen (secondary N) is 1. The lowest BCUT2D eigenvalue weighted by Crippen LogP contribution is -2.32. The van der Waals surface area contributed by atoms with Crippen LogP contribution in [0.1, 0.15) is 31.9 Å². The first-order chi connectivity index (χ1) is 9.55. The highest BCUT2D eigenvalue weighted by molar-refractivity contribution is 5.69. The predicted molar refractivity (Wildman–Crippen MR) is 81.9 cm³/mol. The van der Waals surface area contributed by atoms with Gasteiger partial charge in [-0.05, 0) is 37.6 Å². The lowest BCUT2D eigenvalue weighted by molar-refractivity contribution is -0.136. The number of carboxylic acids is 1. The van der Waals surface area contributed by atoms with Crippen molar-refractivity contribution < 1.29 is 9.90 Å². The lowest BCUT2D eigenvalue weighted by atomic mass is 10.0. The van der Waals surface area contributed by atoms with Crippen LogP contribution < -0.4 is 5.32 Å². The molecule has 0 fully saturated rings. The highest BCUT2D eigenvalue weighted by Crippen LogP contribution is 2.09. The van der Waals surface area contributed by atoms with Gasteiger partial charge >= 0.3 is 5.97 Å². The minimum absolute atomic E-state index is 0.0151. The van der Waals surface area contributed by atoms with Crippen LogP contribution in [0, 0.1) is 0 Å². The quantitative estimate of drug-likeness (QED) is 0.726. The van der Waals surface area contributed by atoms with E-state index in [4.69, 9.17) is 5.11 Å². The fourth-order valence-electron chi connectivity index (χ4n) is 2.17. The van der Waals surface area contributed by atoms with Crippen LogP contribution in [0.5, 0.6) is 0 Å². The van der Waals surface area contributed by atoms with Crippen molar-refractivity contribution in [2.75, 3.05) is 19.6 Å². The Balaban J connectivity index is 2.47. The Labute approximate surface area is 121 Å². The minimum Gasteiger partial charge on any atom is -0.480 e. The van der Waals surface area contributed by atoms with Crippen LogP contribution >= 0.6 is 0 Å². The van der Waals surface area contributed by atoms with Crippen LogP contribution in [0.3, 0.4) is 0 Å². The Kier molecular flexibility index (Phi) is 7.26. The standard InChI is InChI=1S/C16H26N2O2/c1-4-18(5-2)12-15-8-6-14(7-9-15)10-13(3)17-11-16(19)20/h6-9,13,17H,4-5,10-12H2,1-3H3,(H,19,20). The third-order valence-corrected chi connectivity index (χ3v) is 3.47. The summed E-state index contributed by atoms with van der Waals surface area (Å²) in [5, 5.41) is 11.6. The Morgan fingerprint density at radius 3 is 2.25 bits per heavy atom. The van der Waals surface area contributed by atoms with E-state index in [2.05, 4.69) is 48.3 Å². The average Bonchev–Trinajstić information content (AvgIpc) is 2.44. The lowest BCUT2D eigenvalue weighted by Gasteiger charge is -2.18. The van der Waals surface area contributed by atoms with Crippen molar-refractivity contribution in [3.05, 3.63) is 35.4 Å². The molecule has 1 rings (SSSR count). The van der Waals surface area contributed by atoms with Gasteiger partial charge < -0.3 is 10.4 Å². The van der Waals surface area contributed by atoms with Crippen molar-refractivity contribution in [3.8, 4) is 0 Å². The zero-order valence-corrected chi connectivity index (χ0v) is 12.7. The van der Waals surface area contributed by atoms with Gasteiger partial charge in [0.1, 0.15) is 0 Å². The van der Waals surface area contributed by atoms with Crippen LogP contribution in [-0.2, 0) is 17.8 Å². The second kappa shape index (κ2) is 8.72. The maximum absolute atomic E-state index is 10.5. The minimum atomic E-state index is -0.813. The third kappa shape index (κ3) is 6.17. The van der Waals surface area contributed by atoms with E-state index in [0.717, 1.165) is 26.1 Å². The number of carbonyl (C=O) groups is 1. The van der Waals surface area contributed by atoms with E-state index >= 15 is 0 Å². The Morgan fingerprint density at radius 2 is 1.75 bits per heavy atom. The number of rotatable bonds is 9. The predicted octanol–water partition coefficient (Wildman–Crippen LogP) is 2.13. The summed E-state index contributed by atoms with van der Waals surface area (Å²) < 4.78 is 0. The van der Waals surface area contributed by atoms with Gasteiger partial charge in [-0.25, -0.2) is 0 Å². The summed E-state index contributed by atoms with van der Waals surface area (Å²) in [4.78, 5) is 12.9. The summed E-state index contributed by atoms with van der Waals surface area (Å²) >= 11 is 0. The van der Waals surface area contributed by atoms with E-state index in [1.807, 2.05) is 6.92 Å². The summed E-state index contributed by atoms with van der Waals surface area (Å²) in [7, 11) is 0. The molecule has 1 aromatic carbocycles. The molecule has 1 unspecified atom stereocenters. The molecule has 0 aromatic heterocycles.